The summed E-state index contributed by atoms with van der Waals surface area (Å²) in [7, 11) is 0. The Labute approximate surface area is 134 Å². The zero-order valence-corrected chi connectivity index (χ0v) is 13.0. The maximum Gasteiger partial charge on any atom is 0.338 e. The maximum absolute atomic E-state index is 11.6. The fourth-order valence-corrected chi connectivity index (χ4v) is 2.65. The fraction of sp³-hybridized carbons (Fsp3) is 0.167. The van der Waals surface area contributed by atoms with Crippen molar-refractivity contribution in [3.63, 3.8) is 0 Å². The van der Waals surface area contributed by atoms with Crippen LogP contribution in [-0.4, -0.2) is 17.1 Å². The van der Waals surface area contributed by atoms with E-state index in [0.29, 0.717) is 12.2 Å². The molecule has 3 nitrogen and oxygen atoms in total. The molecule has 0 radical (unpaired) electrons. The van der Waals surface area contributed by atoms with Gasteiger partial charge >= 0.3 is 5.97 Å². The molecule has 22 heavy (non-hydrogen) atoms. The van der Waals surface area contributed by atoms with E-state index in [4.69, 9.17) is 16.3 Å². The summed E-state index contributed by atoms with van der Waals surface area (Å²) in [6, 6.07) is 15.4. The van der Waals surface area contributed by atoms with Crippen LogP contribution in [0.1, 0.15) is 22.8 Å². The predicted molar refractivity (Wildman–Crippen MR) is 88.4 cm³/mol. The first-order valence-corrected chi connectivity index (χ1v) is 7.55. The molecular formula is C18H16ClNO2. The van der Waals surface area contributed by atoms with Crippen molar-refractivity contribution in [3.8, 4) is 0 Å². The third-order valence-electron chi connectivity index (χ3n) is 3.55. The zero-order chi connectivity index (χ0) is 15.5. The average molecular weight is 314 g/mol. The van der Waals surface area contributed by atoms with E-state index < -0.39 is 0 Å². The number of esters is 1. The van der Waals surface area contributed by atoms with Gasteiger partial charge in [0.1, 0.15) is 0 Å². The molecule has 0 unspecified atom stereocenters. The molecule has 2 aromatic carbocycles. The van der Waals surface area contributed by atoms with Gasteiger partial charge in [0.05, 0.1) is 12.2 Å². The van der Waals surface area contributed by atoms with Crippen molar-refractivity contribution in [3.05, 3.63) is 70.9 Å². The topological polar surface area (TPSA) is 31.2 Å². The molecule has 3 rings (SSSR count). The summed E-state index contributed by atoms with van der Waals surface area (Å²) in [5.41, 5.74) is 2.84. The Morgan fingerprint density at radius 1 is 1.14 bits per heavy atom. The summed E-state index contributed by atoms with van der Waals surface area (Å²) in [5, 5.41) is 1.86. The summed E-state index contributed by atoms with van der Waals surface area (Å²) in [4.78, 5) is 11.6. The monoisotopic (exact) mass is 313 g/mol. The maximum atomic E-state index is 11.6. The number of hydrogen-bond acceptors (Lipinski definition) is 2. The Bertz CT molecular complexity index is 806. The second-order valence-corrected chi connectivity index (χ2v) is 5.50. The number of carbonyl (C=O) groups is 1. The summed E-state index contributed by atoms with van der Waals surface area (Å²) in [6.07, 6.45) is 2.04. The number of benzene rings is 2. The number of fused-ring (bicyclic) bond motifs is 1. The molecule has 112 valence electrons. The lowest BCUT2D eigenvalue weighted by Gasteiger charge is -2.07. The number of carbonyl (C=O) groups excluding carboxylic acids is 1. The SMILES string of the molecule is CCOC(=O)c1ccc(Cn2ccc3cc(Cl)ccc32)cc1. The molecule has 0 amide bonds. The molecular weight excluding hydrogens is 298 g/mol. The van der Waals surface area contributed by atoms with Gasteiger partial charge in [-0.15, -0.1) is 0 Å². The van der Waals surface area contributed by atoms with Gasteiger partial charge in [0.25, 0.3) is 0 Å². The van der Waals surface area contributed by atoms with E-state index in [1.165, 1.54) is 0 Å². The van der Waals surface area contributed by atoms with Crippen molar-refractivity contribution >= 4 is 28.5 Å². The van der Waals surface area contributed by atoms with Crippen LogP contribution < -0.4 is 0 Å². The quantitative estimate of drug-likeness (QED) is 0.663. The molecule has 0 aliphatic heterocycles. The first-order valence-electron chi connectivity index (χ1n) is 7.18. The Balaban J connectivity index is 1.81. The summed E-state index contributed by atoms with van der Waals surface area (Å²) < 4.78 is 7.14. The van der Waals surface area contributed by atoms with Gasteiger partial charge in [-0.25, -0.2) is 4.79 Å². The standard InChI is InChI=1S/C18H16ClNO2/c1-2-22-18(21)14-5-3-13(4-6-14)12-20-10-9-15-11-16(19)7-8-17(15)20/h3-11H,2,12H2,1H3. The van der Waals surface area contributed by atoms with Crippen molar-refractivity contribution in [1.82, 2.24) is 4.57 Å². The first kappa shape index (κ1) is 14.7. The van der Waals surface area contributed by atoms with Gasteiger partial charge in [0.15, 0.2) is 0 Å². The molecule has 0 saturated heterocycles. The van der Waals surface area contributed by atoms with Crippen LogP contribution in [0.2, 0.25) is 5.02 Å². The van der Waals surface area contributed by atoms with Crippen LogP contribution in [0.3, 0.4) is 0 Å². The lowest BCUT2D eigenvalue weighted by Crippen LogP contribution is -2.05. The smallest absolute Gasteiger partial charge is 0.338 e. The third kappa shape index (κ3) is 3.00. The van der Waals surface area contributed by atoms with E-state index in [0.717, 1.165) is 28.0 Å². The van der Waals surface area contributed by atoms with Gasteiger partial charge in [-0.1, -0.05) is 23.7 Å². The highest BCUT2D eigenvalue weighted by Crippen LogP contribution is 2.21. The molecule has 0 aliphatic carbocycles. The number of nitrogens with zero attached hydrogens (tertiary/aromatic N) is 1. The van der Waals surface area contributed by atoms with Crippen LogP contribution in [0.4, 0.5) is 0 Å². The molecule has 0 atom stereocenters. The van der Waals surface area contributed by atoms with Gasteiger partial charge in [-0.05, 0) is 48.9 Å². The molecule has 3 aromatic rings. The van der Waals surface area contributed by atoms with Crippen LogP contribution in [-0.2, 0) is 11.3 Å². The summed E-state index contributed by atoms with van der Waals surface area (Å²) in [5.74, 6) is -0.282. The van der Waals surface area contributed by atoms with Crippen LogP contribution in [0.5, 0.6) is 0 Å². The molecule has 1 heterocycles. The number of ether oxygens (including phenoxy) is 1. The normalized spacial score (nSPS) is 10.8. The van der Waals surface area contributed by atoms with Crippen molar-refractivity contribution in [2.75, 3.05) is 6.61 Å². The van der Waals surface area contributed by atoms with E-state index in [-0.39, 0.29) is 5.97 Å². The second-order valence-electron chi connectivity index (χ2n) is 5.06. The zero-order valence-electron chi connectivity index (χ0n) is 12.3. The van der Waals surface area contributed by atoms with Gasteiger partial charge < -0.3 is 9.30 Å². The van der Waals surface area contributed by atoms with E-state index in [9.17, 15) is 4.79 Å². The highest BCUT2D eigenvalue weighted by molar-refractivity contribution is 6.31. The number of hydrogen-bond donors (Lipinski definition) is 0. The average Bonchev–Trinajstić information content (AvgIpc) is 2.90. The van der Waals surface area contributed by atoms with Crippen LogP contribution in [0.25, 0.3) is 10.9 Å². The molecule has 4 heteroatoms. The third-order valence-corrected chi connectivity index (χ3v) is 3.79. The summed E-state index contributed by atoms with van der Waals surface area (Å²) in [6.45, 7) is 2.93. The van der Waals surface area contributed by atoms with E-state index in [1.54, 1.807) is 19.1 Å². The van der Waals surface area contributed by atoms with Crippen LogP contribution >= 0.6 is 11.6 Å². The highest BCUT2D eigenvalue weighted by atomic mass is 35.5. The Morgan fingerprint density at radius 3 is 2.64 bits per heavy atom. The van der Waals surface area contributed by atoms with Crippen LogP contribution in [0.15, 0.2) is 54.7 Å². The number of halogens is 1. The molecule has 0 N–H and O–H groups in total. The minimum atomic E-state index is -0.282. The Morgan fingerprint density at radius 2 is 1.91 bits per heavy atom. The lowest BCUT2D eigenvalue weighted by molar-refractivity contribution is 0.0526. The number of aromatic nitrogens is 1. The van der Waals surface area contributed by atoms with Gasteiger partial charge in [0, 0.05) is 28.7 Å². The highest BCUT2D eigenvalue weighted by Gasteiger charge is 2.07. The van der Waals surface area contributed by atoms with E-state index in [2.05, 4.69) is 4.57 Å². The van der Waals surface area contributed by atoms with E-state index in [1.807, 2.05) is 42.6 Å². The minimum Gasteiger partial charge on any atom is -0.462 e. The second kappa shape index (κ2) is 6.24. The van der Waals surface area contributed by atoms with Gasteiger partial charge in [-0.3, -0.25) is 0 Å². The Kier molecular flexibility index (Phi) is 4.16. The molecule has 0 fully saturated rings. The van der Waals surface area contributed by atoms with Crippen molar-refractivity contribution in [2.24, 2.45) is 0 Å². The lowest BCUT2D eigenvalue weighted by atomic mass is 10.1. The van der Waals surface area contributed by atoms with Crippen LogP contribution in [0, 0.1) is 0 Å². The molecule has 0 bridgehead atoms. The molecule has 1 aromatic heterocycles. The van der Waals surface area contributed by atoms with Gasteiger partial charge in [0.2, 0.25) is 0 Å². The van der Waals surface area contributed by atoms with Crippen molar-refractivity contribution in [2.45, 2.75) is 13.5 Å². The first-order chi connectivity index (χ1) is 10.7. The molecule has 0 aliphatic rings. The predicted octanol–water partition coefficient (Wildman–Crippen LogP) is 4.52. The van der Waals surface area contributed by atoms with Crippen molar-refractivity contribution < 1.29 is 9.53 Å². The minimum absolute atomic E-state index is 0.282. The molecule has 0 spiro atoms. The Hall–Kier alpha value is -2.26. The summed E-state index contributed by atoms with van der Waals surface area (Å²) >= 11 is 6.01. The van der Waals surface area contributed by atoms with Gasteiger partial charge in [-0.2, -0.15) is 0 Å². The number of rotatable bonds is 4. The van der Waals surface area contributed by atoms with E-state index >= 15 is 0 Å². The largest absolute Gasteiger partial charge is 0.462 e. The van der Waals surface area contributed by atoms with Crippen molar-refractivity contribution in [1.29, 1.82) is 0 Å². The molecule has 0 saturated carbocycles. The fourth-order valence-electron chi connectivity index (χ4n) is 2.47.